The molecule has 0 fully saturated rings. The summed E-state index contributed by atoms with van der Waals surface area (Å²) in [5.41, 5.74) is 0. The van der Waals surface area contributed by atoms with Crippen molar-refractivity contribution in [3.8, 4) is 11.5 Å². The molecule has 0 bridgehead atoms. The van der Waals surface area contributed by atoms with E-state index in [1.54, 1.807) is 36.4 Å². The van der Waals surface area contributed by atoms with Crippen molar-refractivity contribution in [2.75, 3.05) is 0 Å². The van der Waals surface area contributed by atoms with Crippen LogP contribution >= 0.6 is 0 Å². The van der Waals surface area contributed by atoms with Crippen LogP contribution in [-0.2, 0) is 4.79 Å². The predicted octanol–water partition coefficient (Wildman–Crippen LogP) is 2.85. The maximum Gasteiger partial charge on any atom is 0.126 e. The van der Waals surface area contributed by atoms with E-state index >= 15 is 0 Å². The number of benzene rings is 2. The topological polar surface area (TPSA) is 57.5 Å². The third-order valence-corrected chi connectivity index (χ3v) is 1.81. The molecule has 3 heteroatoms. The lowest BCUT2D eigenvalue weighted by molar-refractivity contribution is -0.114. The van der Waals surface area contributed by atoms with Crippen LogP contribution in [0.4, 0.5) is 0 Å². The average Bonchev–Trinajstić information content (AvgIpc) is 2.17. The smallest absolute Gasteiger partial charge is 0.126 e. The first-order valence-electron chi connectivity index (χ1n) is 4.88. The number of phenols is 2. The van der Waals surface area contributed by atoms with Crippen molar-refractivity contribution >= 4 is 16.6 Å². The summed E-state index contributed by atoms with van der Waals surface area (Å²) in [4.78, 5) is 9.44. The monoisotopic (exact) mass is 218 g/mol. The number of carbonyl (C=O) groups is 1. The first kappa shape index (κ1) is 12.0. The van der Waals surface area contributed by atoms with Crippen molar-refractivity contribution < 1.29 is 15.0 Å². The van der Waals surface area contributed by atoms with Crippen molar-refractivity contribution in [1.82, 2.24) is 0 Å². The fourth-order valence-corrected chi connectivity index (χ4v) is 1.22. The normalized spacial score (nSPS) is 9.38. The van der Waals surface area contributed by atoms with Gasteiger partial charge in [-0.2, -0.15) is 0 Å². The van der Waals surface area contributed by atoms with Crippen molar-refractivity contribution in [2.45, 2.75) is 13.8 Å². The lowest BCUT2D eigenvalue weighted by Gasteiger charge is -1.98. The van der Waals surface area contributed by atoms with Gasteiger partial charge in [-0.15, -0.1) is 0 Å². The zero-order chi connectivity index (χ0) is 12.1. The molecule has 16 heavy (non-hydrogen) atoms. The van der Waals surface area contributed by atoms with Crippen molar-refractivity contribution in [3.63, 3.8) is 0 Å². The van der Waals surface area contributed by atoms with E-state index in [1.807, 2.05) is 0 Å². The summed E-state index contributed by atoms with van der Waals surface area (Å²) >= 11 is 0. The fourth-order valence-electron chi connectivity index (χ4n) is 1.22. The van der Waals surface area contributed by atoms with Gasteiger partial charge in [0.2, 0.25) is 0 Å². The molecule has 0 spiro atoms. The first-order valence-corrected chi connectivity index (χ1v) is 4.88. The summed E-state index contributed by atoms with van der Waals surface area (Å²) in [7, 11) is 0. The van der Waals surface area contributed by atoms with E-state index in [4.69, 9.17) is 10.2 Å². The molecule has 2 aromatic rings. The largest absolute Gasteiger partial charge is 0.508 e. The van der Waals surface area contributed by atoms with E-state index < -0.39 is 0 Å². The summed E-state index contributed by atoms with van der Waals surface area (Å²) in [5.74, 6) is 0.654. The molecule has 0 aliphatic carbocycles. The third-order valence-electron chi connectivity index (χ3n) is 1.81. The molecule has 0 atom stereocenters. The van der Waals surface area contributed by atoms with Gasteiger partial charge in [-0.3, -0.25) is 0 Å². The van der Waals surface area contributed by atoms with Crippen LogP contribution in [0.15, 0.2) is 36.4 Å². The Balaban J connectivity index is 0.000000280. The van der Waals surface area contributed by atoms with Gasteiger partial charge in [0, 0.05) is 0 Å². The molecular formula is C13H14O3. The van der Waals surface area contributed by atoms with Gasteiger partial charge in [0.15, 0.2) is 0 Å². The quantitative estimate of drug-likeness (QED) is 0.714. The van der Waals surface area contributed by atoms with Crippen molar-refractivity contribution in [1.29, 1.82) is 0 Å². The van der Waals surface area contributed by atoms with E-state index in [-0.39, 0.29) is 17.3 Å². The lowest BCUT2D eigenvalue weighted by atomic mass is 10.1. The van der Waals surface area contributed by atoms with Crippen LogP contribution in [0.25, 0.3) is 10.8 Å². The Bertz CT molecular complexity index is 458. The van der Waals surface area contributed by atoms with Gasteiger partial charge in [0.25, 0.3) is 0 Å². The minimum absolute atomic E-state index is 0.167. The van der Waals surface area contributed by atoms with Crippen LogP contribution < -0.4 is 0 Å². The van der Waals surface area contributed by atoms with Crippen LogP contribution in [0.3, 0.4) is 0 Å². The number of Topliss-reactive ketones (excluding diaryl/α,β-unsaturated/α-hetero) is 1. The van der Waals surface area contributed by atoms with E-state index in [2.05, 4.69) is 0 Å². The Morgan fingerprint density at radius 2 is 1.19 bits per heavy atom. The number of carbonyl (C=O) groups excluding carboxylic acids is 1. The Kier molecular flexibility index (Phi) is 3.89. The number of phenolic OH excluding ortho intramolecular Hbond substituents is 2. The highest BCUT2D eigenvalue weighted by Crippen LogP contribution is 2.23. The average molecular weight is 218 g/mol. The highest BCUT2D eigenvalue weighted by molar-refractivity contribution is 5.84. The number of rotatable bonds is 0. The highest BCUT2D eigenvalue weighted by Gasteiger charge is 1.95. The molecule has 0 unspecified atom stereocenters. The van der Waals surface area contributed by atoms with Crippen LogP contribution in [0.1, 0.15) is 13.8 Å². The van der Waals surface area contributed by atoms with E-state index in [1.165, 1.54) is 13.8 Å². The van der Waals surface area contributed by atoms with E-state index in [0.29, 0.717) is 0 Å². The second-order valence-corrected chi connectivity index (χ2v) is 3.62. The summed E-state index contributed by atoms with van der Waals surface area (Å²) in [6.07, 6.45) is 0. The summed E-state index contributed by atoms with van der Waals surface area (Å²) in [5, 5.41) is 20.1. The molecular weight excluding hydrogens is 204 g/mol. The highest BCUT2D eigenvalue weighted by atomic mass is 16.3. The van der Waals surface area contributed by atoms with Crippen LogP contribution in [0.2, 0.25) is 0 Å². The minimum atomic E-state index is 0.167. The Labute approximate surface area is 94.0 Å². The molecule has 84 valence electrons. The fraction of sp³-hybridized carbons (Fsp3) is 0.154. The van der Waals surface area contributed by atoms with Crippen molar-refractivity contribution in [2.24, 2.45) is 0 Å². The number of hydrogen-bond donors (Lipinski definition) is 2. The predicted molar refractivity (Wildman–Crippen MR) is 63.6 cm³/mol. The van der Waals surface area contributed by atoms with E-state index in [9.17, 15) is 4.79 Å². The van der Waals surface area contributed by atoms with Gasteiger partial charge in [-0.25, -0.2) is 0 Å². The minimum Gasteiger partial charge on any atom is -0.508 e. The third kappa shape index (κ3) is 3.61. The molecule has 2 aromatic carbocycles. The van der Waals surface area contributed by atoms with Gasteiger partial charge in [0.1, 0.15) is 17.3 Å². The first-order chi connectivity index (χ1) is 7.49. The number of aromatic hydroxyl groups is 2. The summed E-state index contributed by atoms with van der Waals surface area (Å²) < 4.78 is 0. The van der Waals surface area contributed by atoms with Crippen LogP contribution in [-0.4, -0.2) is 16.0 Å². The number of fused-ring (bicyclic) bond motifs is 1. The van der Waals surface area contributed by atoms with Gasteiger partial charge in [0.05, 0.1) is 0 Å². The molecule has 0 saturated heterocycles. The zero-order valence-electron chi connectivity index (χ0n) is 9.27. The summed E-state index contributed by atoms with van der Waals surface area (Å²) in [6.45, 7) is 3.06. The van der Waals surface area contributed by atoms with Gasteiger partial charge in [-0.1, -0.05) is 12.1 Å². The van der Waals surface area contributed by atoms with Crippen LogP contribution in [0, 0.1) is 0 Å². The Morgan fingerprint density at radius 3 is 1.50 bits per heavy atom. The van der Waals surface area contributed by atoms with Crippen LogP contribution in [0.5, 0.6) is 11.5 Å². The summed E-state index contributed by atoms with van der Waals surface area (Å²) in [6, 6.07) is 10.1. The Morgan fingerprint density at radius 1 is 0.875 bits per heavy atom. The molecule has 0 aliphatic rings. The maximum atomic E-state index is 9.44. The number of ketones is 1. The van der Waals surface area contributed by atoms with E-state index in [0.717, 1.165) is 10.8 Å². The zero-order valence-corrected chi connectivity index (χ0v) is 9.27. The molecule has 0 saturated carbocycles. The van der Waals surface area contributed by atoms with Gasteiger partial charge in [-0.05, 0) is 48.9 Å². The lowest BCUT2D eigenvalue weighted by Crippen LogP contribution is -1.71. The van der Waals surface area contributed by atoms with Crippen molar-refractivity contribution in [3.05, 3.63) is 36.4 Å². The SMILES string of the molecule is CC(C)=O.Oc1ccc2cc(O)ccc2c1. The molecule has 0 aromatic heterocycles. The molecule has 3 nitrogen and oxygen atoms in total. The maximum absolute atomic E-state index is 9.44. The number of hydrogen-bond acceptors (Lipinski definition) is 3. The second kappa shape index (κ2) is 5.16. The molecule has 0 radical (unpaired) electrons. The van der Waals surface area contributed by atoms with Gasteiger partial charge >= 0.3 is 0 Å². The molecule has 2 N–H and O–H groups in total. The molecule has 2 rings (SSSR count). The standard InChI is InChI=1S/C10H8O2.C3H6O/c11-9-3-1-7-5-10(12)4-2-8(7)6-9;1-3(2)4/h1-6,11-12H;1-2H3. The molecule has 0 aliphatic heterocycles. The van der Waals surface area contributed by atoms with Gasteiger partial charge < -0.3 is 15.0 Å². The molecule has 0 amide bonds. The second-order valence-electron chi connectivity index (χ2n) is 3.62. The molecule has 0 heterocycles. The Hall–Kier alpha value is -2.03.